The van der Waals surface area contributed by atoms with Gasteiger partial charge in [-0.05, 0) is 42.0 Å². The Bertz CT molecular complexity index is 906. The second kappa shape index (κ2) is 7.15. The van der Waals surface area contributed by atoms with E-state index in [2.05, 4.69) is 24.3 Å². The topological polar surface area (TPSA) is 66.8 Å². The van der Waals surface area contributed by atoms with Crippen LogP contribution in [0.15, 0.2) is 60.7 Å². The van der Waals surface area contributed by atoms with Gasteiger partial charge in [-0.15, -0.1) is 0 Å². The minimum atomic E-state index is -1.31. The van der Waals surface area contributed by atoms with Gasteiger partial charge in [0.1, 0.15) is 6.61 Å². The number of rotatable bonds is 4. The first-order valence-electron chi connectivity index (χ1n) is 9.58. The molecule has 0 unspecified atom stereocenters. The van der Waals surface area contributed by atoms with Gasteiger partial charge >= 0.3 is 12.1 Å². The molecule has 1 atom stereocenters. The first-order chi connectivity index (χ1) is 13.6. The van der Waals surface area contributed by atoms with Crippen LogP contribution in [0.1, 0.15) is 36.8 Å². The molecule has 0 radical (unpaired) electrons. The van der Waals surface area contributed by atoms with Gasteiger partial charge in [0.15, 0.2) is 5.54 Å². The average molecular weight is 377 g/mol. The van der Waals surface area contributed by atoms with E-state index in [1.54, 1.807) is 19.1 Å². The van der Waals surface area contributed by atoms with E-state index in [-0.39, 0.29) is 12.5 Å². The van der Waals surface area contributed by atoms with Crippen LogP contribution < -0.4 is 0 Å². The summed E-state index contributed by atoms with van der Waals surface area (Å²) < 4.78 is 5.67. The quantitative estimate of drug-likeness (QED) is 0.801. The van der Waals surface area contributed by atoms with Gasteiger partial charge in [-0.2, -0.15) is 0 Å². The van der Waals surface area contributed by atoms with Crippen molar-refractivity contribution >= 4 is 12.1 Å². The third kappa shape index (κ3) is 2.78. The largest absolute Gasteiger partial charge is 0.479 e. The average Bonchev–Trinajstić information content (AvgIpc) is 3.27. The molecule has 1 N–H and O–H groups in total. The maximum absolute atomic E-state index is 12.8. The number of aliphatic carboxylic acids is 1. The Labute approximate surface area is 164 Å². The molecule has 28 heavy (non-hydrogen) atoms. The van der Waals surface area contributed by atoms with Crippen LogP contribution in [0.5, 0.6) is 0 Å². The maximum Gasteiger partial charge on any atom is 0.411 e. The van der Waals surface area contributed by atoms with Gasteiger partial charge in [0.25, 0.3) is 0 Å². The lowest BCUT2D eigenvalue weighted by atomic mass is 9.96. The maximum atomic E-state index is 12.8. The van der Waals surface area contributed by atoms with E-state index in [0.29, 0.717) is 19.4 Å². The minimum Gasteiger partial charge on any atom is -0.479 e. The number of likely N-dealkylation sites (tertiary alicyclic amines) is 1. The Morgan fingerprint density at radius 1 is 1.14 bits per heavy atom. The fraction of sp³-hybridized carbons (Fsp3) is 0.304. The second-order valence-electron chi connectivity index (χ2n) is 7.29. The zero-order valence-electron chi connectivity index (χ0n) is 15.8. The van der Waals surface area contributed by atoms with Crippen molar-refractivity contribution in [1.82, 2.24) is 4.90 Å². The molecule has 5 heteroatoms. The SMILES string of the molecule is CC=C[C@@]1(C(=O)O)CCCN1C(=O)OCC1c2ccccc2-c2ccccc21. The van der Waals surface area contributed by atoms with E-state index < -0.39 is 17.6 Å². The van der Waals surface area contributed by atoms with Crippen molar-refractivity contribution in [3.8, 4) is 11.1 Å². The molecule has 2 aromatic rings. The second-order valence-corrected chi connectivity index (χ2v) is 7.29. The molecule has 1 saturated heterocycles. The van der Waals surface area contributed by atoms with Gasteiger partial charge in [-0.3, -0.25) is 4.90 Å². The van der Waals surface area contributed by atoms with E-state index in [4.69, 9.17) is 4.74 Å². The molecule has 1 aliphatic heterocycles. The number of amides is 1. The predicted molar refractivity (Wildman–Crippen MR) is 106 cm³/mol. The Kier molecular flexibility index (Phi) is 4.67. The molecule has 1 heterocycles. The molecular formula is C23H23NO4. The number of fused-ring (bicyclic) bond motifs is 3. The summed E-state index contributed by atoms with van der Waals surface area (Å²) >= 11 is 0. The van der Waals surface area contributed by atoms with Crippen molar-refractivity contribution in [1.29, 1.82) is 0 Å². The summed E-state index contributed by atoms with van der Waals surface area (Å²) in [6.45, 7) is 2.33. The zero-order chi connectivity index (χ0) is 19.7. The molecule has 2 aromatic carbocycles. The van der Waals surface area contributed by atoms with Gasteiger partial charge in [0, 0.05) is 12.5 Å². The monoisotopic (exact) mass is 377 g/mol. The highest BCUT2D eigenvalue weighted by atomic mass is 16.6. The molecule has 1 aliphatic carbocycles. The number of carbonyl (C=O) groups is 2. The zero-order valence-corrected chi connectivity index (χ0v) is 15.8. The fourth-order valence-electron chi connectivity index (χ4n) is 4.51. The summed E-state index contributed by atoms with van der Waals surface area (Å²) in [5.74, 6) is -1.06. The van der Waals surface area contributed by atoms with Crippen molar-refractivity contribution in [3.05, 3.63) is 71.8 Å². The van der Waals surface area contributed by atoms with Gasteiger partial charge in [0.05, 0.1) is 0 Å². The number of hydrogen-bond donors (Lipinski definition) is 1. The molecule has 4 rings (SSSR count). The van der Waals surface area contributed by atoms with E-state index in [1.165, 1.54) is 4.90 Å². The summed E-state index contributed by atoms with van der Waals surface area (Å²) in [6.07, 6.45) is 3.74. The molecule has 0 saturated carbocycles. The number of hydrogen-bond acceptors (Lipinski definition) is 3. The van der Waals surface area contributed by atoms with Crippen LogP contribution in [0.3, 0.4) is 0 Å². The highest BCUT2D eigenvalue weighted by Crippen LogP contribution is 2.44. The first kappa shape index (κ1) is 18.3. The molecule has 2 aliphatic rings. The lowest BCUT2D eigenvalue weighted by molar-refractivity contribution is -0.146. The number of carbonyl (C=O) groups excluding carboxylic acids is 1. The number of nitrogens with zero attached hydrogens (tertiary/aromatic N) is 1. The summed E-state index contributed by atoms with van der Waals surface area (Å²) in [4.78, 5) is 26.1. The standard InChI is InChI=1S/C23H23NO4/c1-2-12-23(21(25)26)13-7-14-24(23)22(27)28-15-20-18-10-5-3-8-16(18)17-9-4-6-11-19(17)20/h2-6,8-12,20H,7,13-15H2,1H3,(H,25,26)/t23-/m0/s1. The Balaban J connectivity index is 1.57. The number of allylic oxidation sites excluding steroid dienone is 1. The number of carboxylic acids is 1. The van der Waals surface area contributed by atoms with Gasteiger partial charge < -0.3 is 9.84 Å². The van der Waals surface area contributed by atoms with Gasteiger partial charge in [-0.25, -0.2) is 9.59 Å². The highest BCUT2D eigenvalue weighted by Gasteiger charge is 2.49. The Hall–Kier alpha value is -3.08. The summed E-state index contributed by atoms with van der Waals surface area (Å²) in [5.41, 5.74) is 3.28. The molecule has 144 valence electrons. The summed E-state index contributed by atoms with van der Waals surface area (Å²) in [6, 6.07) is 16.3. The van der Waals surface area contributed by atoms with Crippen molar-refractivity contribution in [2.24, 2.45) is 0 Å². The van der Waals surface area contributed by atoms with Crippen LogP contribution in [-0.2, 0) is 9.53 Å². The van der Waals surface area contributed by atoms with Crippen molar-refractivity contribution < 1.29 is 19.4 Å². The number of carboxylic acid groups (broad SMARTS) is 1. The Morgan fingerprint density at radius 3 is 2.32 bits per heavy atom. The Morgan fingerprint density at radius 2 is 1.75 bits per heavy atom. The number of benzene rings is 2. The van der Waals surface area contributed by atoms with Crippen LogP contribution in [0, 0.1) is 0 Å². The molecule has 1 amide bonds. The fourth-order valence-corrected chi connectivity index (χ4v) is 4.51. The van der Waals surface area contributed by atoms with Crippen LogP contribution in [-0.4, -0.2) is 40.8 Å². The minimum absolute atomic E-state index is 0.0418. The van der Waals surface area contributed by atoms with Crippen LogP contribution in [0.2, 0.25) is 0 Å². The van der Waals surface area contributed by atoms with Gasteiger partial charge in [0.2, 0.25) is 0 Å². The third-order valence-corrected chi connectivity index (χ3v) is 5.79. The first-order valence-corrected chi connectivity index (χ1v) is 9.58. The van der Waals surface area contributed by atoms with E-state index in [0.717, 1.165) is 22.3 Å². The molecule has 0 spiro atoms. The van der Waals surface area contributed by atoms with Crippen molar-refractivity contribution in [2.75, 3.05) is 13.2 Å². The molecule has 5 nitrogen and oxygen atoms in total. The van der Waals surface area contributed by atoms with E-state index in [9.17, 15) is 14.7 Å². The smallest absolute Gasteiger partial charge is 0.411 e. The van der Waals surface area contributed by atoms with Gasteiger partial charge in [-0.1, -0.05) is 60.7 Å². The summed E-state index contributed by atoms with van der Waals surface area (Å²) in [7, 11) is 0. The molecule has 0 bridgehead atoms. The third-order valence-electron chi connectivity index (χ3n) is 5.79. The number of ether oxygens (including phenoxy) is 1. The summed E-state index contributed by atoms with van der Waals surface area (Å²) in [5, 5.41) is 9.75. The molecule has 1 fully saturated rings. The van der Waals surface area contributed by atoms with Crippen LogP contribution >= 0.6 is 0 Å². The molecular weight excluding hydrogens is 354 g/mol. The lowest BCUT2D eigenvalue weighted by Crippen LogP contribution is -2.52. The van der Waals surface area contributed by atoms with E-state index in [1.807, 2.05) is 24.3 Å². The van der Waals surface area contributed by atoms with Crippen molar-refractivity contribution in [2.45, 2.75) is 31.2 Å². The molecule has 0 aromatic heterocycles. The highest BCUT2D eigenvalue weighted by molar-refractivity contribution is 5.87. The lowest BCUT2D eigenvalue weighted by Gasteiger charge is -2.31. The van der Waals surface area contributed by atoms with Crippen molar-refractivity contribution in [3.63, 3.8) is 0 Å². The predicted octanol–water partition coefficient (Wildman–Crippen LogP) is 4.43. The van der Waals surface area contributed by atoms with Crippen LogP contribution in [0.25, 0.3) is 11.1 Å². The van der Waals surface area contributed by atoms with Crippen LogP contribution in [0.4, 0.5) is 4.79 Å². The van der Waals surface area contributed by atoms with E-state index >= 15 is 0 Å². The normalized spacial score (nSPS) is 21.0.